The first-order valence-electron chi connectivity index (χ1n) is 7.57. The predicted octanol–water partition coefficient (Wildman–Crippen LogP) is 3.31. The standard InChI is InChI=1S/C14H16Cl2O5/c1-3-8(6-20-2)14(19)9-4-5-10(13(16)12(9)15)21-7-11(17)18/h4-5,8H,3,6-7H2,1-2H3,(H,17,18)/i2D3. The number of hydrogen-bond acceptors (Lipinski definition) is 4. The summed E-state index contributed by atoms with van der Waals surface area (Å²) in [6.45, 7) is 0.829. The molecule has 0 fully saturated rings. The number of carbonyl (C=O) groups is 2. The first-order chi connectivity index (χ1) is 11.1. The Labute approximate surface area is 137 Å². The fourth-order valence-corrected chi connectivity index (χ4v) is 2.14. The van der Waals surface area contributed by atoms with Gasteiger partial charge < -0.3 is 14.6 Å². The Balaban J connectivity index is 2.97. The van der Waals surface area contributed by atoms with Gasteiger partial charge in [0, 0.05) is 18.5 Å². The lowest BCUT2D eigenvalue weighted by Gasteiger charge is -2.15. The van der Waals surface area contributed by atoms with Crippen LogP contribution in [0.5, 0.6) is 5.75 Å². The molecule has 0 saturated heterocycles. The minimum atomic E-state index is -2.59. The van der Waals surface area contributed by atoms with Gasteiger partial charge in [0.2, 0.25) is 0 Å². The normalized spacial score (nSPS) is 14.7. The van der Waals surface area contributed by atoms with Crippen LogP contribution in [-0.4, -0.2) is 37.1 Å². The summed E-state index contributed by atoms with van der Waals surface area (Å²) in [4.78, 5) is 23.0. The molecule has 21 heavy (non-hydrogen) atoms. The van der Waals surface area contributed by atoms with Crippen molar-refractivity contribution in [1.82, 2.24) is 0 Å². The third-order valence-electron chi connectivity index (χ3n) is 2.81. The van der Waals surface area contributed by atoms with E-state index in [1.54, 1.807) is 6.92 Å². The molecule has 1 N–H and O–H groups in total. The summed E-state index contributed by atoms with van der Waals surface area (Å²) in [6.07, 6.45) is 0.347. The van der Waals surface area contributed by atoms with E-state index in [2.05, 4.69) is 0 Å². The zero-order chi connectivity index (χ0) is 18.5. The molecule has 1 atom stereocenters. The molecular weight excluding hydrogens is 319 g/mol. The number of hydrogen-bond donors (Lipinski definition) is 1. The molecule has 1 unspecified atom stereocenters. The number of Topliss-reactive ketones (excluding diaryl/α,β-unsaturated/α-hetero) is 1. The molecule has 0 aliphatic carbocycles. The van der Waals surface area contributed by atoms with Gasteiger partial charge in [-0.25, -0.2) is 4.79 Å². The Morgan fingerprint density at radius 1 is 1.38 bits per heavy atom. The van der Waals surface area contributed by atoms with Gasteiger partial charge in [-0.05, 0) is 18.6 Å². The van der Waals surface area contributed by atoms with Crippen molar-refractivity contribution in [3.63, 3.8) is 0 Å². The summed E-state index contributed by atoms with van der Waals surface area (Å²) in [6, 6.07) is 2.69. The molecule has 0 spiro atoms. The third kappa shape index (κ3) is 4.59. The van der Waals surface area contributed by atoms with Crippen molar-refractivity contribution in [2.24, 2.45) is 5.92 Å². The minimum Gasteiger partial charge on any atom is -0.480 e. The number of carboxylic acid groups (broad SMARTS) is 1. The topological polar surface area (TPSA) is 72.8 Å². The van der Waals surface area contributed by atoms with E-state index in [0.717, 1.165) is 0 Å². The molecule has 7 heteroatoms. The Morgan fingerprint density at radius 2 is 2.10 bits per heavy atom. The minimum absolute atomic E-state index is 0.0346. The van der Waals surface area contributed by atoms with Crippen LogP contribution in [0, 0.1) is 5.92 Å². The first-order valence-corrected chi connectivity index (χ1v) is 6.83. The van der Waals surface area contributed by atoms with Gasteiger partial charge in [-0.1, -0.05) is 30.1 Å². The summed E-state index contributed by atoms with van der Waals surface area (Å²) in [7, 11) is -2.59. The van der Waals surface area contributed by atoms with E-state index in [1.165, 1.54) is 12.1 Å². The maximum Gasteiger partial charge on any atom is 0.341 e. The van der Waals surface area contributed by atoms with Crippen LogP contribution in [0.2, 0.25) is 10.0 Å². The second-order valence-electron chi connectivity index (χ2n) is 4.20. The van der Waals surface area contributed by atoms with Crippen LogP contribution < -0.4 is 4.74 Å². The fourth-order valence-electron chi connectivity index (χ4n) is 1.67. The number of halogens is 2. The first kappa shape index (κ1) is 13.4. The molecule has 0 bridgehead atoms. The average Bonchev–Trinajstić information content (AvgIpc) is 2.47. The highest BCUT2D eigenvalue weighted by Gasteiger charge is 2.23. The smallest absolute Gasteiger partial charge is 0.341 e. The highest BCUT2D eigenvalue weighted by atomic mass is 35.5. The Bertz CT molecular complexity index is 619. The predicted molar refractivity (Wildman–Crippen MR) is 79.6 cm³/mol. The van der Waals surface area contributed by atoms with Crippen LogP contribution in [0.25, 0.3) is 0 Å². The molecule has 0 aliphatic rings. The number of ether oxygens (including phenoxy) is 2. The third-order valence-corrected chi connectivity index (χ3v) is 3.68. The van der Waals surface area contributed by atoms with Gasteiger partial charge in [0.1, 0.15) is 10.8 Å². The van der Waals surface area contributed by atoms with E-state index in [1.807, 2.05) is 0 Å². The molecule has 1 aromatic rings. The molecule has 1 rings (SSSR count). The van der Waals surface area contributed by atoms with Gasteiger partial charge in [-0.15, -0.1) is 0 Å². The lowest BCUT2D eigenvalue weighted by molar-refractivity contribution is -0.139. The number of methoxy groups -OCH3 is 1. The zero-order valence-corrected chi connectivity index (χ0v) is 12.7. The fraction of sp³-hybridized carbons (Fsp3) is 0.429. The quantitative estimate of drug-likeness (QED) is 0.736. The summed E-state index contributed by atoms with van der Waals surface area (Å²) >= 11 is 12.1. The van der Waals surface area contributed by atoms with E-state index >= 15 is 0 Å². The number of ketones is 1. The maximum atomic E-state index is 12.5. The van der Waals surface area contributed by atoms with Crippen LogP contribution in [0.15, 0.2) is 12.1 Å². The molecule has 116 valence electrons. The molecule has 0 aromatic heterocycles. The van der Waals surface area contributed by atoms with Crippen LogP contribution in [0.1, 0.15) is 27.8 Å². The molecular formula is C14H16Cl2O5. The van der Waals surface area contributed by atoms with E-state index in [4.69, 9.17) is 41.9 Å². The number of rotatable bonds is 8. The van der Waals surface area contributed by atoms with Crippen molar-refractivity contribution in [3.05, 3.63) is 27.7 Å². The highest BCUT2D eigenvalue weighted by molar-refractivity contribution is 6.44. The summed E-state index contributed by atoms with van der Waals surface area (Å²) in [5.74, 6) is -2.27. The van der Waals surface area contributed by atoms with Crippen molar-refractivity contribution in [2.75, 3.05) is 20.3 Å². The number of carboxylic acids is 1. The molecule has 0 amide bonds. The molecule has 1 aromatic carbocycles. The molecule has 0 radical (unpaired) electrons. The van der Waals surface area contributed by atoms with Crippen LogP contribution in [-0.2, 0) is 9.53 Å². The Hall–Kier alpha value is -1.30. The van der Waals surface area contributed by atoms with Crippen LogP contribution in [0.4, 0.5) is 0 Å². The van der Waals surface area contributed by atoms with Crippen molar-refractivity contribution < 1.29 is 28.3 Å². The van der Waals surface area contributed by atoms with E-state index in [0.29, 0.717) is 6.42 Å². The highest BCUT2D eigenvalue weighted by Crippen LogP contribution is 2.36. The molecule has 5 nitrogen and oxygen atoms in total. The van der Waals surface area contributed by atoms with Crippen molar-refractivity contribution in [1.29, 1.82) is 0 Å². The van der Waals surface area contributed by atoms with Crippen LogP contribution >= 0.6 is 23.2 Å². The monoisotopic (exact) mass is 337 g/mol. The van der Waals surface area contributed by atoms with Crippen molar-refractivity contribution in [2.45, 2.75) is 13.3 Å². The van der Waals surface area contributed by atoms with Gasteiger partial charge in [0.25, 0.3) is 0 Å². The second-order valence-corrected chi connectivity index (χ2v) is 4.96. The van der Waals surface area contributed by atoms with E-state index in [-0.39, 0.29) is 28.0 Å². The SMILES string of the molecule is [2H]C([2H])([2H])OCC(CC)C(=O)c1ccc(OCC(=O)O)c(Cl)c1Cl. The lowest BCUT2D eigenvalue weighted by atomic mass is 9.96. The lowest BCUT2D eigenvalue weighted by Crippen LogP contribution is -2.19. The molecule has 0 aliphatic heterocycles. The van der Waals surface area contributed by atoms with E-state index in [9.17, 15) is 9.59 Å². The van der Waals surface area contributed by atoms with Gasteiger partial charge in [-0.3, -0.25) is 4.79 Å². The maximum absolute atomic E-state index is 12.5. The Morgan fingerprint density at radius 3 is 2.67 bits per heavy atom. The van der Waals surface area contributed by atoms with Crippen molar-refractivity contribution in [3.8, 4) is 5.75 Å². The van der Waals surface area contributed by atoms with Gasteiger partial charge in [-0.2, -0.15) is 0 Å². The van der Waals surface area contributed by atoms with Gasteiger partial charge >= 0.3 is 5.97 Å². The largest absolute Gasteiger partial charge is 0.480 e. The second kappa shape index (κ2) is 8.22. The Kier molecular flexibility index (Phi) is 5.23. The summed E-state index contributed by atoms with van der Waals surface area (Å²) in [5.41, 5.74) is 0.0883. The zero-order valence-electron chi connectivity index (χ0n) is 14.2. The summed E-state index contributed by atoms with van der Waals surface area (Å²) in [5, 5.41) is 8.42. The van der Waals surface area contributed by atoms with Crippen molar-refractivity contribution >= 4 is 35.0 Å². The van der Waals surface area contributed by atoms with Crippen LogP contribution in [0.3, 0.4) is 0 Å². The average molecular weight is 338 g/mol. The molecule has 0 heterocycles. The van der Waals surface area contributed by atoms with E-state index < -0.39 is 31.3 Å². The number of aliphatic carboxylic acids is 1. The summed E-state index contributed by atoms with van der Waals surface area (Å²) < 4.78 is 30.7. The number of carbonyl (C=O) groups excluding carboxylic acids is 1. The molecule has 0 saturated carbocycles. The van der Waals surface area contributed by atoms with Gasteiger partial charge in [0.15, 0.2) is 12.4 Å². The number of benzene rings is 1. The van der Waals surface area contributed by atoms with Gasteiger partial charge in [0.05, 0.1) is 15.7 Å².